The summed E-state index contributed by atoms with van der Waals surface area (Å²) >= 11 is 0. The topological polar surface area (TPSA) is 55.8 Å². The summed E-state index contributed by atoms with van der Waals surface area (Å²) in [6.45, 7) is 6.83. The van der Waals surface area contributed by atoms with Gasteiger partial charge in [-0.25, -0.2) is 0 Å². The molecule has 0 spiro atoms. The highest BCUT2D eigenvalue weighted by Crippen LogP contribution is 2.25. The maximum Gasteiger partial charge on any atom is 0.303 e. The van der Waals surface area contributed by atoms with E-state index in [1.54, 1.807) is 0 Å². The van der Waals surface area contributed by atoms with Gasteiger partial charge >= 0.3 is 5.97 Å². The Balaban J connectivity index is 2.54. The Morgan fingerprint density at radius 3 is 2.80 bits per heavy atom. The molecule has 1 N–H and O–H groups in total. The highest BCUT2D eigenvalue weighted by molar-refractivity contribution is 5.66. The number of allylic oxidation sites excluding steroid dienone is 1. The summed E-state index contributed by atoms with van der Waals surface area (Å²) in [6.07, 6.45) is 4.08. The van der Waals surface area contributed by atoms with Crippen molar-refractivity contribution in [3.05, 3.63) is 36.4 Å². The molecule has 0 saturated carbocycles. The van der Waals surface area contributed by atoms with Crippen LogP contribution in [0.5, 0.6) is 11.5 Å². The fraction of sp³-hybridized carbons (Fsp3) is 0.438. The molecule has 0 bridgehead atoms. The molecular weight excluding hydrogens is 256 g/mol. The minimum absolute atomic E-state index is 0.187. The van der Waals surface area contributed by atoms with Crippen LogP contribution in [0.1, 0.15) is 31.7 Å². The predicted molar refractivity (Wildman–Crippen MR) is 78.5 cm³/mol. The third-order valence-corrected chi connectivity index (χ3v) is 2.75. The van der Waals surface area contributed by atoms with Gasteiger partial charge in [-0.2, -0.15) is 0 Å². The first-order valence-electron chi connectivity index (χ1n) is 6.88. The molecule has 0 aliphatic carbocycles. The van der Waals surface area contributed by atoms with Crippen LogP contribution < -0.4 is 9.47 Å². The molecule has 1 rings (SSSR count). The third-order valence-electron chi connectivity index (χ3n) is 2.75. The van der Waals surface area contributed by atoms with E-state index >= 15 is 0 Å². The molecule has 4 nitrogen and oxygen atoms in total. The zero-order valence-corrected chi connectivity index (χ0v) is 11.9. The van der Waals surface area contributed by atoms with Crippen LogP contribution in [0.25, 0.3) is 0 Å². The van der Waals surface area contributed by atoms with Crippen LogP contribution in [-0.4, -0.2) is 24.3 Å². The average molecular weight is 278 g/mol. The smallest absolute Gasteiger partial charge is 0.303 e. The van der Waals surface area contributed by atoms with Gasteiger partial charge in [0.05, 0.1) is 13.2 Å². The van der Waals surface area contributed by atoms with E-state index in [4.69, 9.17) is 14.6 Å². The fourth-order valence-corrected chi connectivity index (χ4v) is 1.83. The predicted octanol–water partition coefficient (Wildman–Crippen LogP) is 3.45. The molecule has 1 aromatic rings. The Bertz CT molecular complexity index is 440. The van der Waals surface area contributed by atoms with Crippen molar-refractivity contribution < 1.29 is 19.4 Å². The average Bonchev–Trinajstić information content (AvgIpc) is 2.41. The van der Waals surface area contributed by atoms with Gasteiger partial charge in [-0.15, -0.1) is 6.58 Å². The number of aliphatic carboxylic acids is 1. The summed E-state index contributed by atoms with van der Waals surface area (Å²) in [4.78, 5) is 10.4. The first-order chi connectivity index (χ1) is 9.67. The van der Waals surface area contributed by atoms with Crippen LogP contribution in [0.2, 0.25) is 0 Å². The van der Waals surface area contributed by atoms with Crippen molar-refractivity contribution >= 4 is 5.97 Å². The van der Waals surface area contributed by atoms with Gasteiger partial charge in [-0.3, -0.25) is 4.79 Å². The Labute approximate surface area is 120 Å². The largest absolute Gasteiger partial charge is 0.494 e. The highest BCUT2D eigenvalue weighted by Gasteiger charge is 2.05. The van der Waals surface area contributed by atoms with Crippen LogP contribution in [-0.2, 0) is 11.2 Å². The number of rotatable bonds is 10. The summed E-state index contributed by atoms with van der Waals surface area (Å²) in [5.41, 5.74) is 1.03. The second kappa shape index (κ2) is 9.02. The lowest BCUT2D eigenvalue weighted by atomic mass is 10.1. The Hall–Kier alpha value is -1.97. The molecule has 20 heavy (non-hydrogen) atoms. The summed E-state index contributed by atoms with van der Waals surface area (Å²) in [5.74, 6) is 0.865. The molecule has 0 aromatic heterocycles. The molecule has 0 unspecified atom stereocenters. The molecule has 0 fully saturated rings. The SMILES string of the molecule is C=CCc1cc(OCC)ccc1OCCCCC(=O)O. The van der Waals surface area contributed by atoms with E-state index < -0.39 is 5.97 Å². The van der Waals surface area contributed by atoms with Crippen molar-refractivity contribution in [2.24, 2.45) is 0 Å². The normalized spacial score (nSPS) is 10.1. The lowest BCUT2D eigenvalue weighted by Gasteiger charge is -2.12. The zero-order valence-electron chi connectivity index (χ0n) is 11.9. The first kappa shape index (κ1) is 16.1. The molecule has 0 saturated heterocycles. The van der Waals surface area contributed by atoms with Gasteiger partial charge in [0.1, 0.15) is 11.5 Å². The molecular formula is C16H22O4. The van der Waals surface area contributed by atoms with Crippen molar-refractivity contribution in [3.8, 4) is 11.5 Å². The monoisotopic (exact) mass is 278 g/mol. The van der Waals surface area contributed by atoms with Crippen LogP contribution in [0, 0.1) is 0 Å². The molecule has 0 heterocycles. The van der Waals surface area contributed by atoms with E-state index in [9.17, 15) is 4.79 Å². The molecule has 0 atom stereocenters. The standard InChI is InChI=1S/C16H22O4/c1-3-7-13-12-14(19-4-2)9-10-15(13)20-11-6-5-8-16(17)18/h3,9-10,12H,1,4-8,11H2,2H3,(H,17,18). The molecule has 1 aromatic carbocycles. The van der Waals surface area contributed by atoms with E-state index in [-0.39, 0.29) is 6.42 Å². The summed E-state index contributed by atoms with van der Waals surface area (Å²) in [6, 6.07) is 5.72. The van der Waals surface area contributed by atoms with Crippen LogP contribution in [0.4, 0.5) is 0 Å². The number of carboxylic acids is 1. The van der Waals surface area contributed by atoms with E-state index in [2.05, 4.69) is 6.58 Å². The Morgan fingerprint density at radius 1 is 1.35 bits per heavy atom. The summed E-state index contributed by atoms with van der Waals surface area (Å²) in [5, 5.41) is 8.56. The van der Waals surface area contributed by atoms with Gasteiger partial charge in [0, 0.05) is 12.0 Å². The minimum Gasteiger partial charge on any atom is -0.494 e. The van der Waals surface area contributed by atoms with Gasteiger partial charge in [-0.1, -0.05) is 6.08 Å². The Morgan fingerprint density at radius 2 is 2.15 bits per heavy atom. The van der Waals surface area contributed by atoms with Gasteiger partial charge in [0.15, 0.2) is 0 Å². The quantitative estimate of drug-likeness (QED) is 0.526. The summed E-state index contributed by atoms with van der Waals surface area (Å²) < 4.78 is 11.2. The number of hydrogen-bond acceptors (Lipinski definition) is 3. The van der Waals surface area contributed by atoms with Crippen molar-refractivity contribution in [3.63, 3.8) is 0 Å². The molecule has 0 aliphatic rings. The Kier molecular flexibility index (Phi) is 7.25. The molecule has 4 heteroatoms. The molecule has 0 amide bonds. The number of hydrogen-bond donors (Lipinski definition) is 1. The fourth-order valence-electron chi connectivity index (χ4n) is 1.83. The van der Waals surface area contributed by atoms with E-state index in [1.165, 1.54) is 0 Å². The second-order valence-corrected chi connectivity index (χ2v) is 4.39. The number of carboxylic acid groups (broad SMARTS) is 1. The highest BCUT2D eigenvalue weighted by atomic mass is 16.5. The minimum atomic E-state index is -0.765. The number of carbonyl (C=O) groups is 1. The van der Waals surface area contributed by atoms with Gasteiger partial charge < -0.3 is 14.6 Å². The van der Waals surface area contributed by atoms with Gasteiger partial charge in [-0.05, 0) is 44.4 Å². The third kappa shape index (κ3) is 5.78. The number of ether oxygens (including phenoxy) is 2. The lowest BCUT2D eigenvalue weighted by molar-refractivity contribution is -0.137. The van der Waals surface area contributed by atoms with Gasteiger partial charge in [0.2, 0.25) is 0 Å². The van der Waals surface area contributed by atoms with Crippen LogP contribution >= 0.6 is 0 Å². The van der Waals surface area contributed by atoms with E-state index in [1.807, 2.05) is 31.2 Å². The van der Waals surface area contributed by atoms with Crippen molar-refractivity contribution in [2.75, 3.05) is 13.2 Å². The van der Waals surface area contributed by atoms with Gasteiger partial charge in [0.25, 0.3) is 0 Å². The van der Waals surface area contributed by atoms with Crippen molar-refractivity contribution in [2.45, 2.75) is 32.6 Å². The van der Waals surface area contributed by atoms with Crippen molar-refractivity contribution in [1.29, 1.82) is 0 Å². The van der Waals surface area contributed by atoms with E-state index in [0.29, 0.717) is 26.1 Å². The van der Waals surface area contributed by atoms with Crippen LogP contribution in [0.15, 0.2) is 30.9 Å². The zero-order chi connectivity index (χ0) is 14.8. The maximum absolute atomic E-state index is 10.4. The van der Waals surface area contributed by atoms with E-state index in [0.717, 1.165) is 23.5 Å². The molecule has 0 aliphatic heterocycles. The number of unbranched alkanes of at least 4 members (excludes halogenated alkanes) is 1. The summed E-state index contributed by atoms with van der Waals surface area (Å²) in [7, 11) is 0. The molecule has 110 valence electrons. The lowest BCUT2D eigenvalue weighted by Crippen LogP contribution is -2.02. The maximum atomic E-state index is 10.4. The first-order valence-corrected chi connectivity index (χ1v) is 6.88. The number of benzene rings is 1. The molecule has 0 radical (unpaired) electrons. The van der Waals surface area contributed by atoms with Crippen LogP contribution in [0.3, 0.4) is 0 Å². The van der Waals surface area contributed by atoms with Crippen molar-refractivity contribution in [1.82, 2.24) is 0 Å². The second-order valence-electron chi connectivity index (χ2n) is 4.39.